The predicted octanol–water partition coefficient (Wildman–Crippen LogP) is 3.80. The molecule has 1 nitrogen and oxygen atoms in total. The van der Waals surface area contributed by atoms with Crippen LogP contribution in [0.5, 0.6) is 0 Å². The number of benzene rings is 1. The van der Waals surface area contributed by atoms with Gasteiger partial charge in [-0.05, 0) is 52.5 Å². The molecule has 0 radical (unpaired) electrons. The Hall–Kier alpha value is -0.760. The van der Waals surface area contributed by atoms with E-state index in [0.717, 1.165) is 11.0 Å². The summed E-state index contributed by atoms with van der Waals surface area (Å²) in [5.74, 6) is 0. The maximum absolute atomic E-state index is 3.50. The molecule has 0 bridgehead atoms. The van der Waals surface area contributed by atoms with Crippen LogP contribution in [0.2, 0.25) is 0 Å². The number of aromatic nitrogens is 1. The summed E-state index contributed by atoms with van der Waals surface area (Å²) in [4.78, 5) is 3.29. The van der Waals surface area contributed by atoms with Crippen molar-refractivity contribution in [3.05, 3.63) is 33.9 Å². The Kier molecular flexibility index (Phi) is 2.16. The summed E-state index contributed by atoms with van der Waals surface area (Å²) in [5.41, 5.74) is 3.90. The molecule has 0 saturated carbocycles. The number of hydrogen-bond donors (Lipinski definition) is 1. The van der Waals surface area contributed by atoms with Crippen molar-refractivity contribution in [2.24, 2.45) is 0 Å². The molecule has 1 aromatic heterocycles. The minimum absolute atomic E-state index is 1.09. The lowest BCUT2D eigenvalue weighted by atomic mass is 10.1. The molecule has 1 N–H and O–H groups in total. The minimum atomic E-state index is 1.09. The Bertz CT molecular complexity index is 443. The molecule has 0 unspecified atom stereocenters. The Labute approximate surface area is 86.3 Å². The van der Waals surface area contributed by atoms with Gasteiger partial charge in [0.1, 0.15) is 0 Å². The minimum Gasteiger partial charge on any atom is -0.349 e. The van der Waals surface area contributed by atoms with Gasteiger partial charge in [-0.1, -0.05) is 13.0 Å². The number of fused-ring (bicyclic) bond motifs is 1. The second kappa shape index (κ2) is 3.18. The summed E-state index contributed by atoms with van der Waals surface area (Å²) in [7, 11) is 0. The first-order valence-corrected chi connectivity index (χ1v) is 5.28. The molecule has 0 saturated heterocycles. The molecule has 1 heterocycles. The maximum Gasteiger partial charge on any atom is 0.0860 e. The standard InChI is InChI=1S/C11H12BrN/c1-3-8-4-5-10-9(6-8)7(2)11(12)13-10/h4-6,13H,3H2,1-2H3. The van der Waals surface area contributed by atoms with E-state index in [1.165, 1.54) is 22.0 Å². The van der Waals surface area contributed by atoms with Crippen LogP contribution in [0.15, 0.2) is 22.8 Å². The molecule has 68 valence electrons. The normalized spacial score (nSPS) is 11.0. The maximum atomic E-state index is 3.50. The number of aryl methyl sites for hydroxylation is 2. The number of nitrogens with one attached hydrogen (secondary N) is 1. The van der Waals surface area contributed by atoms with Crippen LogP contribution in [0, 0.1) is 6.92 Å². The summed E-state index contributed by atoms with van der Waals surface area (Å²) in [5, 5.41) is 1.33. The van der Waals surface area contributed by atoms with Gasteiger partial charge in [-0.2, -0.15) is 0 Å². The Morgan fingerprint density at radius 1 is 1.38 bits per heavy atom. The zero-order chi connectivity index (χ0) is 9.42. The molecular weight excluding hydrogens is 226 g/mol. The van der Waals surface area contributed by atoms with Gasteiger partial charge >= 0.3 is 0 Å². The van der Waals surface area contributed by atoms with Gasteiger partial charge in [-0.3, -0.25) is 0 Å². The van der Waals surface area contributed by atoms with Crippen LogP contribution in [0.4, 0.5) is 0 Å². The van der Waals surface area contributed by atoms with Gasteiger partial charge in [0, 0.05) is 10.9 Å². The number of H-pyrrole nitrogens is 1. The van der Waals surface area contributed by atoms with Crippen LogP contribution in [-0.2, 0) is 6.42 Å². The third-order valence-corrected chi connectivity index (χ3v) is 3.26. The van der Waals surface area contributed by atoms with Gasteiger partial charge in [0.05, 0.1) is 4.60 Å². The van der Waals surface area contributed by atoms with Gasteiger partial charge in [0.25, 0.3) is 0 Å². The quantitative estimate of drug-likeness (QED) is 0.777. The number of aromatic amines is 1. The number of rotatable bonds is 1. The molecule has 0 aliphatic carbocycles. The molecular formula is C11H12BrN. The van der Waals surface area contributed by atoms with E-state index in [9.17, 15) is 0 Å². The molecule has 0 aliphatic rings. The number of hydrogen-bond acceptors (Lipinski definition) is 0. The van der Waals surface area contributed by atoms with Crippen molar-refractivity contribution in [2.45, 2.75) is 20.3 Å². The highest BCUT2D eigenvalue weighted by Crippen LogP contribution is 2.26. The second-order valence-electron chi connectivity index (χ2n) is 3.30. The topological polar surface area (TPSA) is 15.8 Å². The van der Waals surface area contributed by atoms with Crippen molar-refractivity contribution in [3.8, 4) is 0 Å². The highest BCUT2D eigenvalue weighted by molar-refractivity contribution is 9.10. The van der Waals surface area contributed by atoms with Gasteiger partial charge < -0.3 is 4.98 Å². The molecule has 13 heavy (non-hydrogen) atoms. The first-order valence-electron chi connectivity index (χ1n) is 4.49. The molecule has 0 spiro atoms. The first kappa shape index (κ1) is 8.82. The third kappa shape index (κ3) is 1.39. The lowest BCUT2D eigenvalue weighted by molar-refractivity contribution is 1.15. The zero-order valence-electron chi connectivity index (χ0n) is 7.82. The molecule has 0 atom stereocenters. The van der Waals surface area contributed by atoms with Crippen molar-refractivity contribution in [1.82, 2.24) is 4.98 Å². The Morgan fingerprint density at radius 3 is 2.85 bits per heavy atom. The molecule has 2 aromatic rings. The lowest BCUT2D eigenvalue weighted by Gasteiger charge is -1.96. The molecule has 0 amide bonds. The van der Waals surface area contributed by atoms with Crippen LogP contribution in [0.3, 0.4) is 0 Å². The van der Waals surface area contributed by atoms with Crippen molar-refractivity contribution in [2.75, 3.05) is 0 Å². The average Bonchev–Trinajstić information content (AvgIpc) is 2.43. The van der Waals surface area contributed by atoms with Crippen LogP contribution in [0.25, 0.3) is 10.9 Å². The largest absolute Gasteiger partial charge is 0.349 e. The Balaban J connectivity index is 2.75. The van der Waals surface area contributed by atoms with E-state index in [0.29, 0.717) is 0 Å². The fourth-order valence-corrected chi connectivity index (χ4v) is 1.99. The molecule has 1 aromatic carbocycles. The highest BCUT2D eigenvalue weighted by atomic mass is 79.9. The van der Waals surface area contributed by atoms with Crippen LogP contribution >= 0.6 is 15.9 Å². The van der Waals surface area contributed by atoms with Gasteiger partial charge in [0.15, 0.2) is 0 Å². The summed E-state index contributed by atoms with van der Waals surface area (Å²) in [6.45, 7) is 4.31. The zero-order valence-corrected chi connectivity index (χ0v) is 9.40. The SMILES string of the molecule is CCc1ccc2[nH]c(Br)c(C)c2c1. The van der Waals surface area contributed by atoms with E-state index in [-0.39, 0.29) is 0 Å². The molecule has 2 heteroatoms. The monoisotopic (exact) mass is 237 g/mol. The van der Waals surface area contributed by atoms with Crippen LogP contribution in [-0.4, -0.2) is 4.98 Å². The fourth-order valence-electron chi connectivity index (χ4n) is 1.56. The van der Waals surface area contributed by atoms with Crippen molar-refractivity contribution >= 4 is 26.8 Å². The van der Waals surface area contributed by atoms with E-state index < -0.39 is 0 Å². The van der Waals surface area contributed by atoms with E-state index in [2.05, 4.69) is 53.0 Å². The van der Waals surface area contributed by atoms with Crippen molar-refractivity contribution in [3.63, 3.8) is 0 Å². The third-order valence-electron chi connectivity index (χ3n) is 2.47. The predicted molar refractivity (Wildman–Crippen MR) is 60.1 cm³/mol. The molecule has 0 fully saturated rings. The summed E-state index contributed by atoms with van der Waals surface area (Å²) >= 11 is 3.50. The molecule has 0 aliphatic heterocycles. The second-order valence-corrected chi connectivity index (χ2v) is 4.09. The first-order chi connectivity index (χ1) is 6.22. The van der Waals surface area contributed by atoms with Crippen molar-refractivity contribution < 1.29 is 0 Å². The summed E-state index contributed by atoms with van der Waals surface area (Å²) < 4.78 is 1.09. The van der Waals surface area contributed by atoms with Crippen LogP contribution in [0.1, 0.15) is 18.1 Å². The average molecular weight is 238 g/mol. The van der Waals surface area contributed by atoms with E-state index in [1.54, 1.807) is 0 Å². The highest BCUT2D eigenvalue weighted by Gasteiger charge is 2.04. The summed E-state index contributed by atoms with van der Waals surface area (Å²) in [6.07, 6.45) is 1.10. The van der Waals surface area contributed by atoms with E-state index in [4.69, 9.17) is 0 Å². The van der Waals surface area contributed by atoms with E-state index in [1.807, 2.05) is 0 Å². The number of halogens is 1. The van der Waals surface area contributed by atoms with Gasteiger partial charge in [-0.25, -0.2) is 0 Å². The molecule has 2 rings (SSSR count). The van der Waals surface area contributed by atoms with Crippen molar-refractivity contribution in [1.29, 1.82) is 0 Å². The smallest absolute Gasteiger partial charge is 0.0860 e. The van der Waals surface area contributed by atoms with Gasteiger partial charge in [0.2, 0.25) is 0 Å². The summed E-state index contributed by atoms with van der Waals surface area (Å²) in [6, 6.07) is 6.57. The fraction of sp³-hybridized carbons (Fsp3) is 0.273. The van der Waals surface area contributed by atoms with E-state index >= 15 is 0 Å². The Morgan fingerprint density at radius 2 is 2.15 bits per heavy atom. The lowest BCUT2D eigenvalue weighted by Crippen LogP contribution is -1.78. The van der Waals surface area contributed by atoms with Gasteiger partial charge in [-0.15, -0.1) is 0 Å². The van der Waals surface area contributed by atoms with Crippen LogP contribution < -0.4 is 0 Å².